The van der Waals surface area contributed by atoms with E-state index in [1.807, 2.05) is 0 Å². The van der Waals surface area contributed by atoms with Crippen molar-refractivity contribution in [3.63, 3.8) is 0 Å². The highest BCUT2D eigenvalue weighted by Gasteiger charge is 2.22. The molecule has 0 fully saturated rings. The molecule has 0 aliphatic carbocycles. The summed E-state index contributed by atoms with van der Waals surface area (Å²) in [6.07, 6.45) is 1.19. The van der Waals surface area contributed by atoms with Crippen LogP contribution in [0.5, 0.6) is 0 Å². The zero-order chi connectivity index (χ0) is 11.5. The molecule has 0 aliphatic heterocycles. The Morgan fingerprint density at radius 3 is 2.13 bits per heavy atom. The van der Waals surface area contributed by atoms with Crippen LogP contribution in [0, 0.1) is 11.3 Å². The lowest BCUT2D eigenvalue weighted by molar-refractivity contribution is 0.246. The Balaban J connectivity index is 2.61. The molecule has 1 rings (SSSR count). The number of halogens is 1. The smallest absolute Gasteiger partial charge is 0.0398 e. The van der Waals surface area contributed by atoms with Crippen LogP contribution in [0.4, 0.5) is 0 Å². The molecule has 0 saturated carbocycles. The lowest BCUT2D eigenvalue weighted by Gasteiger charge is -2.29. The average molecular weight is 269 g/mol. The molecule has 2 unspecified atom stereocenters. The fourth-order valence-electron chi connectivity index (χ4n) is 1.46. The van der Waals surface area contributed by atoms with Crippen LogP contribution in [0.3, 0.4) is 0 Å². The van der Waals surface area contributed by atoms with E-state index in [1.165, 1.54) is 12.0 Å². The van der Waals surface area contributed by atoms with Gasteiger partial charge in [-0.15, -0.1) is 0 Å². The van der Waals surface area contributed by atoms with Crippen LogP contribution in [-0.4, -0.2) is 0 Å². The largest absolute Gasteiger partial charge is 0.0839 e. The van der Waals surface area contributed by atoms with Gasteiger partial charge in [0.15, 0.2) is 0 Å². The van der Waals surface area contributed by atoms with E-state index >= 15 is 0 Å². The minimum atomic E-state index is 0.390. The van der Waals surface area contributed by atoms with Crippen molar-refractivity contribution in [3.8, 4) is 0 Å². The van der Waals surface area contributed by atoms with Crippen LogP contribution in [0.2, 0.25) is 0 Å². The number of hydrogen-bond acceptors (Lipinski definition) is 0. The number of rotatable bonds is 3. The minimum Gasteiger partial charge on any atom is -0.0839 e. The Labute approximate surface area is 102 Å². The maximum absolute atomic E-state index is 3.78. The summed E-state index contributed by atoms with van der Waals surface area (Å²) in [7, 11) is 0. The molecule has 0 bridgehead atoms. The van der Waals surface area contributed by atoms with Crippen LogP contribution in [0.15, 0.2) is 30.3 Å². The van der Waals surface area contributed by atoms with Crippen LogP contribution < -0.4 is 0 Å². The number of benzene rings is 1. The van der Waals surface area contributed by atoms with E-state index in [4.69, 9.17) is 0 Å². The third-order valence-corrected chi connectivity index (χ3v) is 4.10. The molecule has 84 valence electrons. The number of alkyl halides is 1. The fourth-order valence-corrected chi connectivity index (χ4v) is 2.33. The highest BCUT2D eigenvalue weighted by Crippen LogP contribution is 2.37. The van der Waals surface area contributed by atoms with E-state index in [1.54, 1.807) is 0 Å². The summed E-state index contributed by atoms with van der Waals surface area (Å²) in [5, 5.41) is 0. The van der Waals surface area contributed by atoms with E-state index in [0.717, 1.165) is 0 Å². The zero-order valence-corrected chi connectivity index (χ0v) is 11.7. The summed E-state index contributed by atoms with van der Waals surface area (Å²) in [5.74, 6) is 0.710. The van der Waals surface area contributed by atoms with Crippen molar-refractivity contribution in [2.75, 3.05) is 0 Å². The summed E-state index contributed by atoms with van der Waals surface area (Å²) in [5.41, 5.74) is 1.77. The topological polar surface area (TPSA) is 0 Å². The summed E-state index contributed by atoms with van der Waals surface area (Å²) in [4.78, 5) is 0.480. The standard InChI is InChI=1S/C14H21Br/c1-11(14(2,3)4)10-13(15)12-8-6-5-7-9-12/h5-9,11,13H,10H2,1-4H3. The van der Waals surface area contributed by atoms with Gasteiger partial charge in [0.05, 0.1) is 0 Å². The van der Waals surface area contributed by atoms with Gasteiger partial charge in [-0.25, -0.2) is 0 Å². The molecule has 0 aliphatic rings. The molecule has 0 nitrogen and oxygen atoms in total. The van der Waals surface area contributed by atoms with Crippen molar-refractivity contribution in [2.45, 2.75) is 38.9 Å². The van der Waals surface area contributed by atoms with Crippen molar-refractivity contribution < 1.29 is 0 Å². The summed E-state index contributed by atoms with van der Waals surface area (Å²) in [6.45, 7) is 9.25. The molecule has 0 heterocycles. The van der Waals surface area contributed by atoms with Gasteiger partial charge in [0.2, 0.25) is 0 Å². The molecular weight excluding hydrogens is 248 g/mol. The Bertz CT molecular complexity index is 284. The first-order chi connectivity index (χ1) is 6.91. The fraction of sp³-hybridized carbons (Fsp3) is 0.571. The van der Waals surface area contributed by atoms with Gasteiger partial charge in [-0.1, -0.05) is 74.0 Å². The van der Waals surface area contributed by atoms with Gasteiger partial charge >= 0.3 is 0 Å². The molecule has 1 heteroatoms. The highest BCUT2D eigenvalue weighted by atomic mass is 79.9. The zero-order valence-electron chi connectivity index (χ0n) is 10.1. The Kier molecular flexibility index (Phi) is 4.39. The second-order valence-electron chi connectivity index (χ2n) is 5.38. The van der Waals surface area contributed by atoms with E-state index in [0.29, 0.717) is 16.2 Å². The van der Waals surface area contributed by atoms with E-state index in [2.05, 4.69) is 74.0 Å². The Morgan fingerprint density at radius 2 is 1.67 bits per heavy atom. The third kappa shape index (κ3) is 3.98. The quantitative estimate of drug-likeness (QED) is 0.662. The molecule has 1 aromatic rings. The van der Waals surface area contributed by atoms with Gasteiger partial charge in [0.1, 0.15) is 0 Å². The predicted molar refractivity (Wildman–Crippen MR) is 71.3 cm³/mol. The second-order valence-corrected chi connectivity index (χ2v) is 6.49. The molecule has 0 aromatic heterocycles. The molecule has 1 aromatic carbocycles. The molecule has 2 atom stereocenters. The lowest BCUT2D eigenvalue weighted by atomic mass is 9.79. The molecule has 0 saturated heterocycles. The normalized spacial score (nSPS) is 16.1. The van der Waals surface area contributed by atoms with Crippen molar-refractivity contribution in [3.05, 3.63) is 35.9 Å². The van der Waals surface area contributed by atoms with Crippen LogP contribution in [0.1, 0.15) is 44.5 Å². The summed E-state index contributed by atoms with van der Waals surface area (Å²) >= 11 is 3.78. The second kappa shape index (κ2) is 5.16. The maximum atomic E-state index is 3.78. The van der Waals surface area contributed by atoms with Crippen molar-refractivity contribution in [1.82, 2.24) is 0 Å². The van der Waals surface area contributed by atoms with Gasteiger partial charge in [0, 0.05) is 4.83 Å². The van der Waals surface area contributed by atoms with Crippen LogP contribution in [0.25, 0.3) is 0 Å². The molecule has 0 N–H and O–H groups in total. The summed E-state index contributed by atoms with van der Waals surface area (Å²) in [6, 6.07) is 10.6. The van der Waals surface area contributed by atoms with Gasteiger partial charge in [-0.05, 0) is 23.3 Å². The van der Waals surface area contributed by atoms with Gasteiger partial charge in [-0.3, -0.25) is 0 Å². The minimum absolute atomic E-state index is 0.390. The molecular formula is C14H21Br. The molecule has 15 heavy (non-hydrogen) atoms. The predicted octanol–water partition coefficient (Wildman–Crippen LogP) is 5.19. The van der Waals surface area contributed by atoms with Crippen LogP contribution in [-0.2, 0) is 0 Å². The molecule has 0 amide bonds. The Morgan fingerprint density at radius 1 is 1.13 bits per heavy atom. The molecule has 0 spiro atoms. The Hall–Kier alpha value is -0.300. The average Bonchev–Trinajstić information content (AvgIpc) is 2.17. The van der Waals surface area contributed by atoms with E-state index < -0.39 is 0 Å². The lowest BCUT2D eigenvalue weighted by Crippen LogP contribution is -2.18. The number of hydrogen-bond donors (Lipinski definition) is 0. The van der Waals surface area contributed by atoms with Gasteiger partial charge < -0.3 is 0 Å². The third-order valence-electron chi connectivity index (χ3n) is 3.20. The first kappa shape index (κ1) is 12.8. The van der Waals surface area contributed by atoms with Gasteiger partial charge in [0.25, 0.3) is 0 Å². The van der Waals surface area contributed by atoms with Crippen molar-refractivity contribution in [1.29, 1.82) is 0 Å². The van der Waals surface area contributed by atoms with E-state index in [9.17, 15) is 0 Å². The first-order valence-corrected chi connectivity index (χ1v) is 6.52. The summed E-state index contributed by atoms with van der Waals surface area (Å²) < 4.78 is 0. The first-order valence-electron chi connectivity index (χ1n) is 5.60. The SMILES string of the molecule is CC(CC(Br)c1ccccc1)C(C)(C)C. The van der Waals surface area contributed by atoms with Gasteiger partial charge in [-0.2, -0.15) is 0 Å². The van der Waals surface area contributed by atoms with Crippen molar-refractivity contribution in [2.24, 2.45) is 11.3 Å². The maximum Gasteiger partial charge on any atom is 0.0398 e. The highest BCUT2D eigenvalue weighted by molar-refractivity contribution is 9.09. The van der Waals surface area contributed by atoms with Crippen LogP contribution >= 0.6 is 15.9 Å². The molecule has 0 radical (unpaired) electrons. The van der Waals surface area contributed by atoms with Crippen molar-refractivity contribution >= 4 is 15.9 Å². The monoisotopic (exact) mass is 268 g/mol. The van der Waals surface area contributed by atoms with E-state index in [-0.39, 0.29) is 0 Å².